The van der Waals surface area contributed by atoms with Crippen LogP contribution in [-0.4, -0.2) is 17.1 Å². The van der Waals surface area contributed by atoms with E-state index in [1.165, 1.54) is 6.92 Å². The van der Waals surface area contributed by atoms with Gasteiger partial charge >= 0.3 is 0 Å². The van der Waals surface area contributed by atoms with Gasteiger partial charge < -0.3 is 9.15 Å². The molecule has 116 valence electrons. The van der Waals surface area contributed by atoms with Crippen LogP contribution in [0.5, 0.6) is 5.75 Å². The minimum atomic E-state index is -0.209. The standard InChI is InChI=1S/C17H15N3O3/c1-12(21)20-18-10-13-6-8-14(9-7-13)22-11-17-19-15-4-2-3-5-16(15)23-17/h2-10H,11H2,1H3,(H,20,21). The number of hydrogen-bond acceptors (Lipinski definition) is 5. The van der Waals surface area contributed by atoms with Crippen molar-refractivity contribution in [3.63, 3.8) is 0 Å². The topological polar surface area (TPSA) is 76.7 Å². The fourth-order valence-electron chi connectivity index (χ4n) is 1.97. The molecular weight excluding hydrogens is 294 g/mol. The molecule has 23 heavy (non-hydrogen) atoms. The second-order valence-corrected chi connectivity index (χ2v) is 4.86. The van der Waals surface area contributed by atoms with Crippen molar-refractivity contribution >= 4 is 23.2 Å². The van der Waals surface area contributed by atoms with Crippen molar-refractivity contribution in [2.24, 2.45) is 5.10 Å². The van der Waals surface area contributed by atoms with Crippen LogP contribution in [0, 0.1) is 0 Å². The SMILES string of the molecule is CC(=O)NN=Cc1ccc(OCc2nc3ccccc3o2)cc1. The Morgan fingerprint density at radius 3 is 2.78 bits per heavy atom. The third-order valence-electron chi connectivity index (χ3n) is 3.02. The van der Waals surface area contributed by atoms with Gasteiger partial charge in [0.25, 0.3) is 0 Å². The van der Waals surface area contributed by atoms with Gasteiger partial charge in [0.15, 0.2) is 12.2 Å². The Kier molecular flexibility index (Phi) is 4.33. The maximum atomic E-state index is 10.7. The van der Waals surface area contributed by atoms with Crippen molar-refractivity contribution in [2.75, 3.05) is 0 Å². The zero-order valence-electron chi connectivity index (χ0n) is 12.5. The van der Waals surface area contributed by atoms with Crippen molar-refractivity contribution in [3.05, 3.63) is 60.0 Å². The molecular formula is C17H15N3O3. The first kappa shape index (κ1) is 14.8. The van der Waals surface area contributed by atoms with Gasteiger partial charge in [-0.2, -0.15) is 5.10 Å². The van der Waals surface area contributed by atoms with Crippen LogP contribution in [0.1, 0.15) is 18.4 Å². The Morgan fingerprint density at radius 1 is 1.26 bits per heavy atom. The molecule has 0 atom stereocenters. The van der Waals surface area contributed by atoms with Gasteiger partial charge in [-0.15, -0.1) is 0 Å². The number of benzene rings is 2. The lowest BCUT2D eigenvalue weighted by molar-refractivity contribution is -0.118. The van der Waals surface area contributed by atoms with Gasteiger partial charge in [-0.05, 0) is 42.0 Å². The van der Waals surface area contributed by atoms with Gasteiger partial charge in [-0.1, -0.05) is 12.1 Å². The molecule has 3 aromatic rings. The lowest BCUT2D eigenvalue weighted by Gasteiger charge is -2.03. The Balaban J connectivity index is 1.59. The first-order chi connectivity index (χ1) is 11.2. The van der Waals surface area contributed by atoms with Crippen LogP contribution >= 0.6 is 0 Å². The predicted molar refractivity (Wildman–Crippen MR) is 86.2 cm³/mol. The van der Waals surface area contributed by atoms with Crippen LogP contribution in [-0.2, 0) is 11.4 Å². The van der Waals surface area contributed by atoms with E-state index in [9.17, 15) is 4.79 Å². The summed E-state index contributed by atoms with van der Waals surface area (Å²) in [5.74, 6) is 1.02. The van der Waals surface area contributed by atoms with Gasteiger partial charge in [-0.25, -0.2) is 10.4 Å². The first-order valence-electron chi connectivity index (χ1n) is 7.08. The van der Waals surface area contributed by atoms with Gasteiger partial charge in [0.2, 0.25) is 11.8 Å². The van der Waals surface area contributed by atoms with Crippen molar-refractivity contribution in [3.8, 4) is 5.75 Å². The van der Waals surface area contributed by atoms with Gasteiger partial charge in [0.1, 0.15) is 11.3 Å². The molecule has 0 saturated heterocycles. The molecule has 1 heterocycles. The Bertz CT molecular complexity index is 805. The number of oxazole rings is 1. The zero-order chi connectivity index (χ0) is 16.1. The highest BCUT2D eigenvalue weighted by molar-refractivity contribution is 5.81. The number of para-hydroxylation sites is 2. The first-order valence-corrected chi connectivity index (χ1v) is 7.08. The summed E-state index contributed by atoms with van der Waals surface area (Å²) in [4.78, 5) is 15.1. The van der Waals surface area contributed by atoms with Crippen LogP contribution < -0.4 is 10.2 Å². The largest absolute Gasteiger partial charge is 0.484 e. The molecule has 1 amide bonds. The van der Waals surface area contributed by atoms with E-state index in [0.717, 1.165) is 16.7 Å². The maximum Gasteiger partial charge on any atom is 0.236 e. The molecule has 0 fully saturated rings. The van der Waals surface area contributed by atoms with Crippen LogP contribution in [0.4, 0.5) is 0 Å². The fraction of sp³-hybridized carbons (Fsp3) is 0.118. The molecule has 0 radical (unpaired) electrons. The third-order valence-corrected chi connectivity index (χ3v) is 3.02. The summed E-state index contributed by atoms with van der Waals surface area (Å²) in [6, 6.07) is 14.9. The minimum absolute atomic E-state index is 0.209. The molecule has 0 spiro atoms. The lowest BCUT2D eigenvalue weighted by Crippen LogP contribution is -2.12. The Hall–Kier alpha value is -3.15. The summed E-state index contributed by atoms with van der Waals surface area (Å²) in [5, 5.41) is 3.80. The predicted octanol–water partition coefficient (Wildman–Crippen LogP) is 2.88. The Labute approximate surface area is 132 Å². The number of nitrogens with zero attached hydrogens (tertiary/aromatic N) is 2. The van der Waals surface area contributed by atoms with E-state index in [-0.39, 0.29) is 12.5 Å². The molecule has 0 unspecified atom stereocenters. The summed E-state index contributed by atoms with van der Waals surface area (Å²) in [6.45, 7) is 1.66. The zero-order valence-corrected chi connectivity index (χ0v) is 12.5. The molecule has 0 aliphatic heterocycles. The molecule has 0 aliphatic carbocycles. The second kappa shape index (κ2) is 6.74. The molecule has 1 aromatic heterocycles. The van der Waals surface area contributed by atoms with E-state index in [4.69, 9.17) is 9.15 Å². The summed E-state index contributed by atoms with van der Waals surface area (Å²) >= 11 is 0. The Morgan fingerprint density at radius 2 is 2.04 bits per heavy atom. The fourth-order valence-corrected chi connectivity index (χ4v) is 1.97. The number of fused-ring (bicyclic) bond motifs is 1. The van der Waals surface area contributed by atoms with E-state index in [2.05, 4.69) is 15.5 Å². The van der Waals surface area contributed by atoms with E-state index in [0.29, 0.717) is 11.6 Å². The van der Waals surface area contributed by atoms with Crippen LogP contribution in [0.15, 0.2) is 58.0 Å². The van der Waals surface area contributed by atoms with Crippen LogP contribution in [0.3, 0.4) is 0 Å². The number of hydrazone groups is 1. The van der Waals surface area contributed by atoms with E-state index >= 15 is 0 Å². The molecule has 6 nitrogen and oxygen atoms in total. The monoisotopic (exact) mass is 309 g/mol. The number of rotatable bonds is 5. The van der Waals surface area contributed by atoms with Crippen molar-refractivity contribution in [1.29, 1.82) is 0 Å². The molecule has 0 saturated carbocycles. The molecule has 6 heteroatoms. The van der Waals surface area contributed by atoms with Gasteiger partial charge in [-0.3, -0.25) is 4.79 Å². The highest BCUT2D eigenvalue weighted by atomic mass is 16.5. The summed E-state index contributed by atoms with van der Waals surface area (Å²) in [7, 11) is 0. The normalized spacial score (nSPS) is 11.0. The number of amides is 1. The summed E-state index contributed by atoms with van der Waals surface area (Å²) in [5.41, 5.74) is 4.76. The van der Waals surface area contributed by atoms with Gasteiger partial charge in [0, 0.05) is 6.92 Å². The smallest absolute Gasteiger partial charge is 0.236 e. The minimum Gasteiger partial charge on any atom is -0.484 e. The van der Waals surface area contributed by atoms with Crippen molar-refractivity contribution in [2.45, 2.75) is 13.5 Å². The third kappa shape index (κ3) is 3.94. The quantitative estimate of drug-likeness (QED) is 0.581. The van der Waals surface area contributed by atoms with Gasteiger partial charge in [0.05, 0.1) is 6.21 Å². The van der Waals surface area contributed by atoms with E-state index in [1.807, 2.05) is 48.5 Å². The highest BCUT2D eigenvalue weighted by Gasteiger charge is 2.05. The van der Waals surface area contributed by atoms with Crippen molar-refractivity contribution in [1.82, 2.24) is 10.4 Å². The van der Waals surface area contributed by atoms with Crippen molar-refractivity contribution < 1.29 is 13.9 Å². The average Bonchev–Trinajstić information content (AvgIpc) is 2.97. The molecule has 0 aliphatic rings. The average molecular weight is 309 g/mol. The maximum absolute atomic E-state index is 10.7. The molecule has 2 aromatic carbocycles. The van der Waals surface area contributed by atoms with Crippen LogP contribution in [0.2, 0.25) is 0 Å². The van der Waals surface area contributed by atoms with E-state index in [1.54, 1.807) is 6.21 Å². The lowest BCUT2D eigenvalue weighted by atomic mass is 10.2. The number of aromatic nitrogens is 1. The second-order valence-electron chi connectivity index (χ2n) is 4.86. The number of hydrogen-bond donors (Lipinski definition) is 1. The van der Waals surface area contributed by atoms with E-state index < -0.39 is 0 Å². The number of carbonyl (C=O) groups is 1. The number of ether oxygens (including phenoxy) is 1. The highest BCUT2D eigenvalue weighted by Crippen LogP contribution is 2.17. The molecule has 1 N–H and O–H groups in total. The molecule has 3 rings (SSSR count). The number of carbonyl (C=O) groups excluding carboxylic acids is 1. The van der Waals surface area contributed by atoms with Crippen LogP contribution in [0.25, 0.3) is 11.1 Å². The molecule has 0 bridgehead atoms. The number of nitrogens with one attached hydrogen (secondary N) is 1. The summed E-state index contributed by atoms with van der Waals surface area (Å²) in [6.07, 6.45) is 1.56. The summed E-state index contributed by atoms with van der Waals surface area (Å²) < 4.78 is 11.2.